The summed E-state index contributed by atoms with van der Waals surface area (Å²) in [5.41, 5.74) is 2.51. The first-order valence-corrected chi connectivity index (χ1v) is 9.55. The van der Waals surface area contributed by atoms with E-state index in [0.29, 0.717) is 19.2 Å². The summed E-state index contributed by atoms with van der Waals surface area (Å²) in [4.78, 5) is 22.6. The van der Waals surface area contributed by atoms with Crippen LogP contribution < -0.4 is 15.5 Å². The van der Waals surface area contributed by atoms with Gasteiger partial charge in [0.2, 0.25) is 11.9 Å². The summed E-state index contributed by atoms with van der Waals surface area (Å²) < 4.78 is 11.6. The number of hydrogen-bond donors (Lipinski definition) is 2. The quantitative estimate of drug-likeness (QED) is 0.839. The van der Waals surface area contributed by atoms with Gasteiger partial charge in [-0.2, -0.15) is 4.98 Å². The lowest BCUT2D eigenvalue weighted by Gasteiger charge is -2.38. The molecule has 0 atom stereocenters. The maximum atomic E-state index is 11.1. The molecule has 3 heterocycles. The molecule has 2 aromatic rings. The fourth-order valence-electron chi connectivity index (χ4n) is 3.60. The molecule has 2 aliphatic heterocycles. The van der Waals surface area contributed by atoms with Crippen molar-refractivity contribution in [2.24, 2.45) is 0 Å². The second-order valence-corrected chi connectivity index (χ2v) is 7.17. The first-order valence-electron chi connectivity index (χ1n) is 9.55. The number of carbonyl (C=O) groups is 1. The molecule has 0 unspecified atom stereocenters. The second kappa shape index (κ2) is 7.73. The summed E-state index contributed by atoms with van der Waals surface area (Å²) in [7, 11) is 0. The third-order valence-corrected chi connectivity index (χ3v) is 4.96. The maximum absolute atomic E-state index is 11.1. The minimum absolute atomic E-state index is 0.0934. The highest BCUT2D eigenvalue weighted by Gasteiger charge is 2.40. The molecule has 2 saturated heterocycles. The fourth-order valence-corrected chi connectivity index (χ4v) is 3.60. The topological polar surface area (TPSA) is 88.6 Å². The van der Waals surface area contributed by atoms with Gasteiger partial charge in [0.15, 0.2) is 5.79 Å². The number of aromatic nitrogens is 2. The molecule has 0 aliphatic carbocycles. The van der Waals surface area contributed by atoms with E-state index in [1.807, 2.05) is 37.3 Å². The van der Waals surface area contributed by atoms with Crippen LogP contribution in [0.15, 0.2) is 30.3 Å². The van der Waals surface area contributed by atoms with Crippen molar-refractivity contribution in [2.45, 2.75) is 32.5 Å². The Bertz CT molecular complexity index is 839. The van der Waals surface area contributed by atoms with Crippen LogP contribution in [0.5, 0.6) is 0 Å². The van der Waals surface area contributed by atoms with Gasteiger partial charge in [-0.25, -0.2) is 4.98 Å². The molecule has 0 bridgehead atoms. The van der Waals surface area contributed by atoms with Crippen LogP contribution in [-0.4, -0.2) is 48.0 Å². The van der Waals surface area contributed by atoms with Gasteiger partial charge in [0, 0.05) is 56.0 Å². The first-order chi connectivity index (χ1) is 13.5. The molecule has 148 valence electrons. The van der Waals surface area contributed by atoms with Gasteiger partial charge < -0.3 is 25.0 Å². The van der Waals surface area contributed by atoms with E-state index >= 15 is 0 Å². The number of hydrogen-bond acceptors (Lipinski definition) is 7. The Hall–Kier alpha value is -2.71. The predicted octanol–water partition coefficient (Wildman–Crippen LogP) is 2.83. The lowest BCUT2D eigenvalue weighted by Crippen LogP contribution is -2.45. The number of rotatable bonds is 4. The van der Waals surface area contributed by atoms with Gasteiger partial charge in [-0.15, -0.1) is 0 Å². The summed E-state index contributed by atoms with van der Waals surface area (Å²) in [6.45, 7) is 6.48. The lowest BCUT2D eigenvalue weighted by atomic mass is 10.0. The minimum atomic E-state index is -0.394. The molecular formula is C20H25N5O3. The Morgan fingerprint density at radius 1 is 1.07 bits per heavy atom. The Morgan fingerprint density at radius 3 is 2.36 bits per heavy atom. The average molecular weight is 383 g/mol. The maximum Gasteiger partial charge on any atom is 0.229 e. The first kappa shape index (κ1) is 18.6. The van der Waals surface area contributed by atoms with Crippen molar-refractivity contribution in [1.29, 1.82) is 0 Å². The van der Waals surface area contributed by atoms with Crippen LogP contribution in [-0.2, 0) is 14.3 Å². The minimum Gasteiger partial charge on any atom is -0.356 e. The van der Waals surface area contributed by atoms with E-state index in [4.69, 9.17) is 14.5 Å². The number of aryl methyl sites for hydroxylation is 1. The van der Waals surface area contributed by atoms with E-state index in [9.17, 15) is 4.79 Å². The number of ether oxygens (including phenoxy) is 2. The van der Waals surface area contributed by atoms with Crippen LogP contribution in [0, 0.1) is 6.92 Å². The van der Waals surface area contributed by atoms with Gasteiger partial charge in [-0.1, -0.05) is 0 Å². The standard InChI is InChI=1S/C20H25N5O3/c1-14-13-18(25-9-7-20(8-10-25)27-11-12-28-20)24-19(21-14)23-17-5-3-16(4-6-17)22-15(2)26/h3-6,13H,7-12H2,1-2H3,(H,22,26)(H,21,23,24). The van der Waals surface area contributed by atoms with Crippen molar-refractivity contribution in [3.05, 3.63) is 36.0 Å². The van der Waals surface area contributed by atoms with Crippen LogP contribution >= 0.6 is 0 Å². The van der Waals surface area contributed by atoms with Gasteiger partial charge in [-0.05, 0) is 31.2 Å². The number of piperidine rings is 1. The van der Waals surface area contributed by atoms with Crippen molar-refractivity contribution in [2.75, 3.05) is 41.8 Å². The number of nitrogens with zero attached hydrogens (tertiary/aromatic N) is 3. The lowest BCUT2D eigenvalue weighted by molar-refractivity contribution is -0.169. The van der Waals surface area contributed by atoms with Crippen LogP contribution in [0.4, 0.5) is 23.1 Å². The number of anilines is 4. The Balaban J connectivity index is 1.44. The van der Waals surface area contributed by atoms with E-state index < -0.39 is 5.79 Å². The zero-order chi connectivity index (χ0) is 19.6. The number of carbonyl (C=O) groups excluding carboxylic acids is 1. The van der Waals surface area contributed by atoms with Gasteiger partial charge in [-0.3, -0.25) is 4.79 Å². The second-order valence-electron chi connectivity index (χ2n) is 7.17. The van der Waals surface area contributed by atoms with Crippen molar-refractivity contribution in [1.82, 2.24) is 9.97 Å². The predicted molar refractivity (Wildman–Crippen MR) is 107 cm³/mol. The van der Waals surface area contributed by atoms with Crippen molar-refractivity contribution < 1.29 is 14.3 Å². The third kappa shape index (κ3) is 4.23. The average Bonchev–Trinajstić information content (AvgIpc) is 3.11. The number of amides is 1. The largest absolute Gasteiger partial charge is 0.356 e. The van der Waals surface area contributed by atoms with Crippen LogP contribution in [0.3, 0.4) is 0 Å². The van der Waals surface area contributed by atoms with Crippen molar-refractivity contribution in [3.63, 3.8) is 0 Å². The molecular weight excluding hydrogens is 358 g/mol. The Labute approximate surface area is 164 Å². The monoisotopic (exact) mass is 383 g/mol. The highest BCUT2D eigenvalue weighted by molar-refractivity contribution is 5.88. The highest BCUT2D eigenvalue weighted by Crippen LogP contribution is 2.33. The van der Waals surface area contributed by atoms with Gasteiger partial charge in [0.1, 0.15) is 5.82 Å². The summed E-state index contributed by atoms with van der Waals surface area (Å²) in [5.74, 6) is 0.965. The zero-order valence-corrected chi connectivity index (χ0v) is 16.2. The molecule has 0 saturated carbocycles. The normalized spacial score (nSPS) is 18.3. The molecule has 8 nitrogen and oxygen atoms in total. The highest BCUT2D eigenvalue weighted by atomic mass is 16.7. The van der Waals surface area contributed by atoms with Crippen molar-refractivity contribution in [3.8, 4) is 0 Å². The summed E-state index contributed by atoms with van der Waals surface area (Å²) in [6, 6.07) is 9.45. The van der Waals surface area contributed by atoms with Crippen molar-refractivity contribution >= 4 is 29.0 Å². The van der Waals surface area contributed by atoms with E-state index in [1.54, 1.807) is 0 Å². The molecule has 8 heteroatoms. The number of nitrogens with one attached hydrogen (secondary N) is 2. The third-order valence-electron chi connectivity index (χ3n) is 4.96. The van der Waals surface area contributed by atoms with Crippen LogP contribution in [0.2, 0.25) is 0 Å². The van der Waals surface area contributed by atoms with E-state index in [-0.39, 0.29) is 5.91 Å². The zero-order valence-electron chi connectivity index (χ0n) is 16.2. The molecule has 1 aromatic heterocycles. The van der Waals surface area contributed by atoms with Gasteiger partial charge in [0.05, 0.1) is 13.2 Å². The Morgan fingerprint density at radius 2 is 1.71 bits per heavy atom. The molecule has 28 heavy (non-hydrogen) atoms. The smallest absolute Gasteiger partial charge is 0.229 e. The molecule has 1 aromatic carbocycles. The summed E-state index contributed by atoms with van der Waals surface area (Å²) in [6.07, 6.45) is 1.67. The molecule has 1 amide bonds. The summed E-state index contributed by atoms with van der Waals surface area (Å²) >= 11 is 0. The van der Waals surface area contributed by atoms with E-state index in [1.165, 1.54) is 6.92 Å². The van der Waals surface area contributed by atoms with E-state index in [2.05, 4.69) is 20.5 Å². The number of benzene rings is 1. The molecule has 4 rings (SSSR count). The SMILES string of the molecule is CC(=O)Nc1ccc(Nc2nc(C)cc(N3CCC4(CC3)OCCO4)n2)cc1. The molecule has 2 N–H and O–H groups in total. The van der Waals surface area contributed by atoms with E-state index in [0.717, 1.165) is 48.8 Å². The van der Waals surface area contributed by atoms with Crippen LogP contribution in [0.25, 0.3) is 0 Å². The fraction of sp³-hybridized carbons (Fsp3) is 0.450. The molecule has 2 aliphatic rings. The molecule has 0 radical (unpaired) electrons. The van der Waals surface area contributed by atoms with Gasteiger partial charge >= 0.3 is 0 Å². The molecule has 2 fully saturated rings. The summed E-state index contributed by atoms with van der Waals surface area (Å²) in [5, 5.41) is 6.00. The molecule has 1 spiro atoms. The Kier molecular flexibility index (Phi) is 5.15. The van der Waals surface area contributed by atoms with Crippen LogP contribution in [0.1, 0.15) is 25.5 Å². The van der Waals surface area contributed by atoms with Gasteiger partial charge in [0.25, 0.3) is 0 Å².